The molecular weight excluding hydrogens is 464 g/mol. The maximum Gasteiger partial charge on any atom is 0.270 e. The first kappa shape index (κ1) is 26.8. The van der Waals surface area contributed by atoms with Crippen molar-refractivity contribution in [3.63, 3.8) is 0 Å². The Labute approximate surface area is 220 Å². The first-order valence-corrected chi connectivity index (χ1v) is 13.2. The van der Waals surface area contributed by atoms with Gasteiger partial charge in [0.2, 0.25) is 0 Å². The molecule has 0 atom stereocenters. The third-order valence-electron chi connectivity index (χ3n) is 6.30. The van der Waals surface area contributed by atoms with Gasteiger partial charge in [0.05, 0.1) is 23.4 Å². The van der Waals surface area contributed by atoms with Crippen molar-refractivity contribution in [2.24, 2.45) is 0 Å². The summed E-state index contributed by atoms with van der Waals surface area (Å²) in [7, 11) is 0. The Kier molecular flexibility index (Phi) is 7.69. The third-order valence-corrected chi connectivity index (χ3v) is 6.30. The molecule has 0 bridgehead atoms. The van der Waals surface area contributed by atoms with Crippen molar-refractivity contribution in [2.45, 2.75) is 65.6 Å². The van der Waals surface area contributed by atoms with Gasteiger partial charge in [-0.25, -0.2) is 4.98 Å². The van der Waals surface area contributed by atoms with Crippen molar-refractivity contribution in [1.29, 1.82) is 0 Å². The molecule has 1 saturated heterocycles. The van der Waals surface area contributed by atoms with Crippen LogP contribution in [0.5, 0.6) is 0 Å². The molecule has 4 rings (SSSR count). The summed E-state index contributed by atoms with van der Waals surface area (Å²) in [6.07, 6.45) is 1.82. The van der Waals surface area contributed by atoms with E-state index in [1.165, 1.54) is 0 Å². The zero-order chi connectivity index (χ0) is 26.8. The Morgan fingerprint density at radius 3 is 2.49 bits per heavy atom. The van der Waals surface area contributed by atoms with Crippen LogP contribution in [0.15, 0.2) is 42.6 Å². The highest BCUT2D eigenvalue weighted by Crippen LogP contribution is 2.27. The molecule has 3 N–H and O–H groups in total. The van der Waals surface area contributed by atoms with Crippen LogP contribution in [0.4, 0.5) is 17.2 Å². The van der Waals surface area contributed by atoms with Gasteiger partial charge in [-0.3, -0.25) is 4.79 Å². The highest BCUT2D eigenvalue weighted by molar-refractivity contribution is 5.98. The third kappa shape index (κ3) is 6.95. The number of pyridine rings is 1. The molecule has 200 valence electrons. The van der Waals surface area contributed by atoms with E-state index in [0.29, 0.717) is 31.4 Å². The van der Waals surface area contributed by atoms with Crippen LogP contribution < -0.4 is 15.5 Å². The van der Waals surface area contributed by atoms with E-state index in [2.05, 4.69) is 86.1 Å². The first-order valence-electron chi connectivity index (χ1n) is 13.2. The normalized spacial score (nSPS) is 14.9. The minimum absolute atomic E-state index is 0.0332. The van der Waals surface area contributed by atoms with E-state index in [4.69, 9.17) is 4.74 Å². The van der Waals surface area contributed by atoms with Gasteiger partial charge >= 0.3 is 0 Å². The molecule has 0 saturated carbocycles. The molecule has 1 amide bonds. The Morgan fingerprint density at radius 2 is 1.81 bits per heavy atom. The Balaban J connectivity index is 1.40. The summed E-state index contributed by atoms with van der Waals surface area (Å²) >= 11 is 0. The summed E-state index contributed by atoms with van der Waals surface area (Å²) in [5.41, 5.74) is 3.20. The average Bonchev–Trinajstić information content (AvgIpc) is 3.25. The van der Waals surface area contributed by atoms with E-state index in [1.54, 1.807) is 0 Å². The lowest BCUT2D eigenvalue weighted by molar-refractivity contribution is -0.0196. The van der Waals surface area contributed by atoms with Gasteiger partial charge in [-0.2, -0.15) is 0 Å². The molecule has 1 aromatic carbocycles. The Bertz CT molecular complexity index is 1220. The molecule has 0 aliphatic carbocycles. The number of nitrogens with zero attached hydrogens (tertiary/aromatic N) is 3. The number of carbonyl (C=O) groups excluding carboxylic acids is 1. The Hall–Kier alpha value is -3.26. The predicted molar refractivity (Wildman–Crippen MR) is 153 cm³/mol. The number of ether oxygens (including phenoxy) is 1. The number of nitrogens with one attached hydrogen (secondary N) is 3. The summed E-state index contributed by atoms with van der Waals surface area (Å²) in [5, 5.41) is 8.06. The van der Waals surface area contributed by atoms with Crippen LogP contribution in [-0.2, 0) is 4.74 Å². The number of benzene rings is 1. The summed E-state index contributed by atoms with van der Waals surface area (Å²) in [4.78, 5) is 25.4. The molecular formula is C29H42N6O2. The molecule has 3 aromatic rings. The minimum atomic E-state index is -0.228. The molecule has 8 nitrogen and oxygen atoms in total. The van der Waals surface area contributed by atoms with Crippen LogP contribution in [0.2, 0.25) is 0 Å². The lowest BCUT2D eigenvalue weighted by Gasteiger charge is -2.36. The molecule has 0 unspecified atom stereocenters. The number of piperazine rings is 1. The highest BCUT2D eigenvalue weighted by Gasteiger charge is 2.26. The zero-order valence-electron chi connectivity index (χ0n) is 23.3. The number of carbonyl (C=O) groups is 1. The molecule has 3 heterocycles. The van der Waals surface area contributed by atoms with Gasteiger partial charge in [0.1, 0.15) is 5.69 Å². The van der Waals surface area contributed by atoms with Crippen LogP contribution >= 0.6 is 0 Å². The average molecular weight is 507 g/mol. The quantitative estimate of drug-likeness (QED) is 0.382. The summed E-state index contributed by atoms with van der Waals surface area (Å²) in [5.74, 6) is 0.982. The van der Waals surface area contributed by atoms with Crippen molar-refractivity contribution < 1.29 is 9.53 Å². The topological polar surface area (TPSA) is 85.5 Å². The second-order valence-electron chi connectivity index (χ2n) is 11.8. The molecule has 2 aromatic heterocycles. The lowest BCUT2D eigenvalue weighted by Crippen LogP contribution is -2.49. The minimum Gasteiger partial charge on any atom is -0.380 e. The van der Waals surface area contributed by atoms with Crippen molar-refractivity contribution in [3.05, 3.63) is 48.3 Å². The summed E-state index contributed by atoms with van der Waals surface area (Å²) < 4.78 is 5.99. The maximum absolute atomic E-state index is 13.3. The van der Waals surface area contributed by atoms with E-state index in [-0.39, 0.29) is 17.0 Å². The number of fused-ring (bicyclic) bond motifs is 1. The number of aromatic nitrogens is 2. The van der Waals surface area contributed by atoms with E-state index in [1.807, 2.05) is 35.4 Å². The van der Waals surface area contributed by atoms with Gasteiger partial charge in [0.25, 0.3) is 5.91 Å². The second kappa shape index (κ2) is 10.6. The summed E-state index contributed by atoms with van der Waals surface area (Å²) in [6, 6.07) is 12.4. The highest BCUT2D eigenvalue weighted by atomic mass is 16.5. The van der Waals surface area contributed by atoms with Crippen molar-refractivity contribution in [2.75, 3.05) is 48.3 Å². The van der Waals surface area contributed by atoms with Crippen LogP contribution in [0.3, 0.4) is 0 Å². The molecule has 1 fully saturated rings. The van der Waals surface area contributed by atoms with Crippen LogP contribution in [0.1, 0.15) is 59.0 Å². The summed E-state index contributed by atoms with van der Waals surface area (Å²) in [6.45, 7) is 18.1. The largest absolute Gasteiger partial charge is 0.380 e. The van der Waals surface area contributed by atoms with Crippen molar-refractivity contribution in [3.8, 4) is 0 Å². The van der Waals surface area contributed by atoms with Gasteiger partial charge in [-0.1, -0.05) is 0 Å². The second-order valence-corrected chi connectivity index (χ2v) is 11.8. The van der Waals surface area contributed by atoms with Crippen LogP contribution in [0.25, 0.3) is 10.9 Å². The molecule has 1 aliphatic heterocycles. The van der Waals surface area contributed by atoms with Gasteiger partial charge in [0.15, 0.2) is 5.82 Å². The zero-order valence-corrected chi connectivity index (χ0v) is 23.3. The van der Waals surface area contributed by atoms with E-state index in [0.717, 1.165) is 41.2 Å². The lowest BCUT2D eigenvalue weighted by atomic mass is 10.1. The molecule has 1 aliphatic rings. The number of anilines is 3. The van der Waals surface area contributed by atoms with Gasteiger partial charge in [0, 0.05) is 55.0 Å². The molecule has 37 heavy (non-hydrogen) atoms. The van der Waals surface area contributed by atoms with E-state index < -0.39 is 0 Å². The fourth-order valence-corrected chi connectivity index (χ4v) is 4.51. The predicted octanol–water partition coefficient (Wildman–Crippen LogP) is 5.35. The smallest absolute Gasteiger partial charge is 0.270 e. The number of rotatable bonds is 8. The van der Waals surface area contributed by atoms with Crippen LogP contribution in [0, 0.1) is 0 Å². The Morgan fingerprint density at radius 1 is 1.08 bits per heavy atom. The SMILES string of the molecule is CC(C)Nc1cccnc1N1CCN(C(=O)c2cc3cc(NC(C)(C)COC(C)(C)C)ccc3[nH]2)CC1. The molecule has 0 radical (unpaired) electrons. The number of H-pyrrole nitrogens is 1. The van der Waals surface area contributed by atoms with Gasteiger partial charge in [-0.05, 0) is 84.9 Å². The van der Waals surface area contributed by atoms with E-state index >= 15 is 0 Å². The number of hydrogen-bond acceptors (Lipinski definition) is 6. The van der Waals surface area contributed by atoms with Crippen LogP contribution in [-0.4, -0.2) is 70.7 Å². The first-order chi connectivity index (χ1) is 17.4. The van der Waals surface area contributed by atoms with Crippen molar-refractivity contribution in [1.82, 2.24) is 14.9 Å². The molecule has 0 spiro atoms. The number of amides is 1. The maximum atomic E-state index is 13.3. The van der Waals surface area contributed by atoms with Gasteiger partial charge in [-0.15, -0.1) is 0 Å². The van der Waals surface area contributed by atoms with Crippen molar-refractivity contribution >= 4 is 34.0 Å². The standard InChI is InChI=1S/C29H42N6O2/c1-20(2)31-24-9-8-12-30-26(24)34-13-15-35(16-14-34)27(36)25-18-21-17-22(10-11-23(21)32-25)33-29(6,7)19-37-28(3,4)5/h8-12,17-18,20,31-33H,13-16,19H2,1-7H3. The number of aromatic amines is 1. The molecule has 8 heteroatoms. The fourth-order valence-electron chi connectivity index (χ4n) is 4.51. The van der Waals surface area contributed by atoms with Gasteiger partial charge < -0.3 is 30.2 Å². The number of hydrogen-bond donors (Lipinski definition) is 3. The monoisotopic (exact) mass is 506 g/mol. The van der Waals surface area contributed by atoms with E-state index in [9.17, 15) is 4.79 Å². The fraction of sp³-hybridized carbons (Fsp3) is 0.517.